The summed E-state index contributed by atoms with van der Waals surface area (Å²) in [5.74, 6) is 1.04. The molecular weight excluding hydrogens is 288 g/mol. The van der Waals surface area contributed by atoms with E-state index in [4.69, 9.17) is 0 Å². The molecule has 1 aromatic carbocycles. The molecule has 2 aromatic rings. The largest absolute Gasteiger partial charge is 0.338 e. The maximum atomic E-state index is 11.7. The summed E-state index contributed by atoms with van der Waals surface area (Å²) in [6, 6.07) is 6.63. The summed E-state index contributed by atoms with van der Waals surface area (Å²) >= 11 is 0. The van der Waals surface area contributed by atoms with E-state index in [9.17, 15) is 4.79 Å². The molecule has 5 heteroatoms. The molecule has 0 aliphatic rings. The molecule has 0 bridgehead atoms. The summed E-state index contributed by atoms with van der Waals surface area (Å²) in [6.07, 6.45) is 0.793. The van der Waals surface area contributed by atoms with E-state index < -0.39 is 0 Å². The van der Waals surface area contributed by atoms with Gasteiger partial charge in [-0.25, -0.2) is 9.78 Å². The molecule has 2 amide bonds. The minimum atomic E-state index is -0.218. The molecule has 1 heterocycles. The monoisotopic (exact) mass is 316 g/mol. The van der Waals surface area contributed by atoms with Gasteiger partial charge in [0.05, 0.1) is 11.0 Å². The Balaban J connectivity index is 2.01. The Morgan fingerprint density at radius 2 is 2.00 bits per heavy atom. The first kappa shape index (κ1) is 17.3. The number of imidazole rings is 1. The van der Waals surface area contributed by atoms with Crippen LogP contribution in [0.2, 0.25) is 0 Å². The molecule has 0 atom stereocenters. The van der Waals surface area contributed by atoms with Crippen LogP contribution in [0.25, 0.3) is 11.0 Å². The van der Waals surface area contributed by atoms with Crippen LogP contribution in [-0.2, 0) is 6.42 Å². The molecule has 0 aliphatic heterocycles. The highest BCUT2D eigenvalue weighted by atomic mass is 16.2. The SMILES string of the molecule is Cc1nc2cc(CCNC(=O)NC(C)(C)C)ccc2n1C(C)C. The summed E-state index contributed by atoms with van der Waals surface area (Å²) in [5, 5.41) is 5.79. The van der Waals surface area contributed by atoms with Crippen molar-refractivity contribution in [1.29, 1.82) is 0 Å². The zero-order valence-electron chi connectivity index (χ0n) is 15.0. The summed E-state index contributed by atoms with van der Waals surface area (Å²) in [6.45, 7) is 12.9. The first-order valence-corrected chi connectivity index (χ1v) is 8.21. The highest BCUT2D eigenvalue weighted by Gasteiger charge is 2.13. The second-order valence-corrected chi connectivity index (χ2v) is 7.33. The Morgan fingerprint density at radius 3 is 2.61 bits per heavy atom. The number of carbonyl (C=O) groups excluding carboxylic acids is 1. The van der Waals surface area contributed by atoms with E-state index in [0.29, 0.717) is 12.6 Å². The highest BCUT2D eigenvalue weighted by molar-refractivity contribution is 5.77. The second kappa shape index (κ2) is 6.60. The van der Waals surface area contributed by atoms with Crippen LogP contribution in [0.15, 0.2) is 18.2 Å². The van der Waals surface area contributed by atoms with Crippen LogP contribution in [0.4, 0.5) is 4.79 Å². The molecule has 0 saturated heterocycles. The summed E-state index contributed by atoms with van der Waals surface area (Å²) in [4.78, 5) is 16.4. The van der Waals surface area contributed by atoms with Crippen LogP contribution >= 0.6 is 0 Å². The maximum Gasteiger partial charge on any atom is 0.315 e. The van der Waals surface area contributed by atoms with Gasteiger partial charge in [-0.05, 0) is 65.7 Å². The Bertz CT molecular complexity index is 695. The lowest BCUT2D eigenvalue weighted by Crippen LogP contribution is -2.46. The molecule has 2 rings (SSSR count). The third-order valence-corrected chi connectivity index (χ3v) is 3.63. The van der Waals surface area contributed by atoms with E-state index in [0.717, 1.165) is 17.8 Å². The molecule has 0 fully saturated rings. The Labute approximate surface area is 138 Å². The quantitative estimate of drug-likeness (QED) is 0.906. The second-order valence-electron chi connectivity index (χ2n) is 7.33. The van der Waals surface area contributed by atoms with Crippen molar-refractivity contribution in [3.8, 4) is 0 Å². The van der Waals surface area contributed by atoms with E-state index in [1.165, 1.54) is 11.1 Å². The molecule has 126 valence electrons. The van der Waals surface area contributed by atoms with Gasteiger partial charge in [0.1, 0.15) is 5.82 Å². The van der Waals surface area contributed by atoms with E-state index >= 15 is 0 Å². The summed E-state index contributed by atoms with van der Waals surface area (Å²) < 4.78 is 2.24. The fourth-order valence-electron chi connectivity index (χ4n) is 2.78. The van der Waals surface area contributed by atoms with Crippen molar-refractivity contribution in [3.63, 3.8) is 0 Å². The fraction of sp³-hybridized carbons (Fsp3) is 0.556. The van der Waals surface area contributed by atoms with Gasteiger partial charge in [0.25, 0.3) is 0 Å². The number of urea groups is 1. The van der Waals surface area contributed by atoms with E-state index in [1.807, 2.05) is 27.7 Å². The van der Waals surface area contributed by atoms with Gasteiger partial charge in [-0.1, -0.05) is 6.07 Å². The number of benzene rings is 1. The normalized spacial score (nSPS) is 12.0. The maximum absolute atomic E-state index is 11.7. The van der Waals surface area contributed by atoms with Crippen molar-refractivity contribution in [1.82, 2.24) is 20.2 Å². The molecule has 0 spiro atoms. The number of hydrogen-bond acceptors (Lipinski definition) is 2. The van der Waals surface area contributed by atoms with Crippen LogP contribution in [-0.4, -0.2) is 27.7 Å². The zero-order valence-corrected chi connectivity index (χ0v) is 15.0. The van der Waals surface area contributed by atoms with Crippen LogP contribution in [0.5, 0.6) is 0 Å². The lowest BCUT2D eigenvalue weighted by atomic mass is 10.1. The number of hydrogen-bond donors (Lipinski definition) is 2. The van der Waals surface area contributed by atoms with Gasteiger partial charge in [0, 0.05) is 18.1 Å². The molecular formula is C18H28N4O. The average molecular weight is 316 g/mol. The van der Waals surface area contributed by atoms with Crippen molar-refractivity contribution in [3.05, 3.63) is 29.6 Å². The molecule has 5 nitrogen and oxygen atoms in total. The third kappa shape index (κ3) is 4.47. The van der Waals surface area contributed by atoms with Gasteiger partial charge >= 0.3 is 6.03 Å². The number of aryl methyl sites for hydroxylation is 1. The number of nitrogens with one attached hydrogen (secondary N) is 2. The first-order chi connectivity index (χ1) is 10.7. The van der Waals surface area contributed by atoms with Gasteiger partial charge in [-0.15, -0.1) is 0 Å². The van der Waals surface area contributed by atoms with Gasteiger partial charge in [-0.2, -0.15) is 0 Å². The summed E-state index contributed by atoms with van der Waals surface area (Å²) in [5.41, 5.74) is 3.15. The smallest absolute Gasteiger partial charge is 0.315 e. The minimum absolute atomic E-state index is 0.126. The Morgan fingerprint density at radius 1 is 1.30 bits per heavy atom. The predicted octanol–water partition coefficient (Wildman–Crippen LogP) is 3.57. The fourth-order valence-corrected chi connectivity index (χ4v) is 2.78. The van der Waals surface area contributed by atoms with Crippen molar-refractivity contribution in [2.45, 2.75) is 59.5 Å². The molecule has 0 saturated carbocycles. The van der Waals surface area contributed by atoms with Crippen LogP contribution in [0.1, 0.15) is 52.0 Å². The van der Waals surface area contributed by atoms with Gasteiger partial charge in [0.15, 0.2) is 0 Å². The number of fused-ring (bicyclic) bond motifs is 1. The first-order valence-electron chi connectivity index (χ1n) is 8.21. The standard InChI is InChI=1S/C18H28N4O/c1-12(2)22-13(3)20-15-11-14(7-8-16(15)22)9-10-19-17(23)21-18(4,5)6/h7-8,11-12H,9-10H2,1-6H3,(H2,19,21,23). The number of nitrogens with zero attached hydrogens (tertiary/aromatic N) is 2. The molecule has 0 aliphatic carbocycles. The van der Waals surface area contributed by atoms with Crippen LogP contribution in [0, 0.1) is 6.92 Å². The molecule has 1 aromatic heterocycles. The number of amides is 2. The van der Waals surface area contributed by atoms with E-state index in [-0.39, 0.29) is 11.6 Å². The topological polar surface area (TPSA) is 59.0 Å². The van der Waals surface area contributed by atoms with Gasteiger partial charge < -0.3 is 15.2 Å². The van der Waals surface area contributed by atoms with Crippen LogP contribution < -0.4 is 10.6 Å². The summed E-state index contributed by atoms with van der Waals surface area (Å²) in [7, 11) is 0. The third-order valence-electron chi connectivity index (χ3n) is 3.63. The molecule has 2 N–H and O–H groups in total. The highest BCUT2D eigenvalue weighted by Crippen LogP contribution is 2.21. The van der Waals surface area contributed by atoms with Gasteiger partial charge in [0.2, 0.25) is 0 Å². The van der Waals surface area contributed by atoms with Crippen molar-refractivity contribution in [2.24, 2.45) is 0 Å². The number of rotatable bonds is 4. The molecule has 23 heavy (non-hydrogen) atoms. The molecule has 0 unspecified atom stereocenters. The Hall–Kier alpha value is -2.04. The van der Waals surface area contributed by atoms with Crippen LogP contribution in [0.3, 0.4) is 0 Å². The van der Waals surface area contributed by atoms with E-state index in [1.54, 1.807) is 0 Å². The van der Waals surface area contributed by atoms with Gasteiger partial charge in [-0.3, -0.25) is 0 Å². The molecule has 0 radical (unpaired) electrons. The Kier molecular flexibility index (Phi) is 4.97. The average Bonchev–Trinajstić information content (AvgIpc) is 2.71. The minimum Gasteiger partial charge on any atom is -0.338 e. The lowest BCUT2D eigenvalue weighted by molar-refractivity contribution is 0.232. The van der Waals surface area contributed by atoms with E-state index in [2.05, 4.69) is 52.2 Å². The zero-order chi connectivity index (χ0) is 17.2. The van der Waals surface area contributed by atoms with Crippen molar-refractivity contribution in [2.75, 3.05) is 6.54 Å². The van der Waals surface area contributed by atoms with Crippen molar-refractivity contribution >= 4 is 17.1 Å². The predicted molar refractivity (Wildman–Crippen MR) is 94.8 cm³/mol. The number of aromatic nitrogens is 2. The number of carbonyl (C=O) groups is 1. The van der Waals surface area contributed by atoms with Crippen molar-refractivity contribution < 1.29 is 4.79 Å². The lowest BCUT2D eigenvalue weighted by Gasteiger charge is -2.20.